The maximum Gasteiger partial charge on any atom is 0.292 e. The third-order valence-corrected chi connectivity index (χ3v) is 6.43. The van der Waals surface area contributed by atoms with Gasteiger partial charge in [0.25, 0.3) is 11.7 Å². The highest BCUT2D eigenvalue weighted by atomic mass is 16.2. The Balaban J connectivity index is 1.55. The monoisotopic (exact) mass is 395 g/mol. The van der Waals surface area contributed by atoms with Crippen molar-refractivity contribution in [2.75, 3.05) is 13.1 Å². The van der Waals surface area contributed by atoms with Crippen LogP contribution in [0.4, 0.5) is 0 Å². The Morgan fingerprint density at radius 1 is 1.03 bits per heavy atom. The lowest BCUT2D eigenvalue weighted by atomic mass is 9.86. The fourth-order valence-corrected chi connectivity index (χ4v) is 4.66. The lowest BCUT2D eigenvalue weighted by molar-refractivity contribution is -0.130. The van der Waals surface area contributed by atoms with Crippen molar-refractivity contribution >= 4 is 28.5 Å². The van der Waals surface area contributed by atoms with Gasteiger partial charge in [-0.1, -0.05) is 38.0 Å². The molecule has 1 aliphatic carbocycles. The molecule has 1 N–H and O–H groups in total. The van der Waals surface area contributed by atoms with Gasteiger partial charge in [0.2, 0.25) is 5.91 Å². The molecule has 0 radical (unpaired) electrons. The van der Waals surface area contributed by atoms with Gasteiger partial charge in [-0.2, -0.15) is 0 Å². The predicted octanol–water partition coefficient (Wildman–Crippen LogP) is 3.14. The number of nitrogens with zero attached hydrogens (tertiary/aromatic N) is 2. The Morgan fingerprint density at radius 2 is 1.76 bits per heavy atom. The van der Waals surface area contributed by atoms with E-state index in [0.29, 0.717) is 11.5 Å². The molecule has 1 aromatic heterocycles. The molecule has 1 saturated heterocycles. The number of para-hydroxylation sites is 1. The molecule has 2 aromatic rings. The van der Waals surface area contributed by atoms with Crippen molar-refractivity contribution in [3.63, 3.8) is 0 Å². The maximum atomic E-state index is 13.0. The van der Waals surface area contributed by atoms with Crippen molar-refractivity contribution in [1.82, 2.24) is 14.8 Å². The summed E-state index contributed by atoms with van der Waals surface area (Å²) >= 11 is 0. The lowest BCUT2D eigenvalue weighted by Crippen LogP contribution is -2.44. The average molecular weight is 396 g/mol. The quantitative estimate of drug-likeness (QED) is 0.624. The van der Waals surface area contributed by atoms with E-state index in [4.69, 9.17) is 0 Å². The van der Waals surface area contributed by atoms with E-state index in [0.717, 1.165) is 56.1 Å². The lowest BCUT2D eigenvalue weighted by Gasteiger charge is -2.29. The number of nitrogens with one attached hydrogen (secondary N) is 1. The Bertz CT molecular complexity index is 927. The molecule has 0 spiro atoms. The summed E-state index contributed by atoms with van der Waals surface area (Å²) in [6.07, 6.45) is 8.03. The first-order valence-corrected chi connectivity index (χ1v) is 10.8. The number of ketones is 1. The zero-order valence-electron chi connectivity index (χ0n) is 17.0. The summed E-state index contributed by atoms with van der Waals surface area (Å²) in [7, 11) is 0. The molecule has 1 aromatic carbocycles. The van der Waals surface area contributed by atoms with E-state index >= 15 is 0 Å². The van der Waals surface area contributed by atoms with Crippen molar-refractivity contribution < 1.29 is 14.4 Å². The number of rotatable bonds is 5. The van der Waals surface area contributed by atoms with Crippen LogP contribution >= 0.6 is 0 Å². The topological polar surface area (TPSA) is 71.4 Å². The maximum absolute atomic E-state index is 13.0. The van der Waals surface area contributed by atoms with Gasteiger partial charge >= 0.3 is 0 Å². The second-order valence-electron chi connectivity index (χ2n) is 8.45. The van der Waals surface area contributed by atoms with Gasteiger partial charge in [-0.05, 0) is 37.7 Å². The molecule has 2 aliphatic rings. The number of carbonyl (C=O) groups excluding carboxylic acids is 3. The molecule has 154 valence electrons. The highest BCUT2D eigenvalue weighted by Gasteiger charge is 2.28. The number of hydrogen-bond donors (Lipinski definition) is 1. The molecular weight excluding hydrogens is 366 g/mol. The smallest absolute Gasteiger partial charge is 0.292 e. The number of hydrogen-bond acceptors (Lipinski definition) is 3. The van der Waals surface area contributed by atoms with Crippen LogP contribution in [0.2, 0.25) is 0 Å². The number of amides is 2. The minimum absolute atomic E-state index is 0.0581. The van der Waals surface area contributed by atoms with Crippen LogP contribution in [0.25, 0.3) is 10.9 Å². The molecule has 29 heavy (non-hydrogen) atoms. The van der Waals surface area contributed by atoms with Crippen molar-refractivity contribution in [1.29, 1.82) is 0 Å². The molecule has 4 rings (SSSR count). The van der Waals surface area contributed by atoms with E-state index in [9.17, 15) is 14.4 Å². The van der Waals surface area contributed by atoms with Crippen molar-refractivity contribution in [2.45, 2.75) is 58.0 Å². The second-order valence-corrected chi connectivity index (χ2v) is 8.45. The van der Waals surface area contributed by atoms with E-state index in [1.165, 1.54) is 6.42 Å². The minimum Gasteiger partial charge on any atom is -0.346 e. The summed E-state index contributed by atoms with van der Waals surface area (Å²) in [5.74, 6) is -0.619. The predicted molar refractivity (Wildman–Crippen MR) is 112 cm³/mol. The van der Waals surface area contributed by atoms with Crippen molar-refractivity contribution in [3.05, 3.63) is 36.0 Å². The highest BCUT2D eigenvalue weighted by molar-refractivity contribution is 6.45. The third kappa shape index (κ3) is 4.07. The molecule has 2 heterocycles. The molecule has 6 heteroatoms. The van der Waals surface area contributed by atoms with Gasteiger partial charge in [-0.25, -0.2) is 0 Å². The second kappa shape index (κ2) is 8.39. The normalized spacial score (nSPS) is 22.0. The third-order valence-electron chi connectivity index (χ3n) is 6.43. The number of Topliss-reactive ketones (excluding diaryl/α,β-unsaturated/α-hetero) is 1. The van der Waals surface area contributed by atoms with E-state index in [-0.39, 0.29) is 18.5 Å². The summed E-state index contributed by atoms with van der Waals surface area (Å²) in [4.78, 5) is 40.1. The fraction of sp³-hybridized carbons (Fsp3) is 0.522. The Labute approximate surface area is 171 Å². The van der Waals surface area contributed by atoms with E-state index in [1.807, 2.05) is 29.2 Å². The van der Waals surface area contributed by atoms with Gasteiger partial charge in [0, 0.05) is 36.2 Å². The first-order valence-electron chi connectivity index (χ1n) is 10.8. The molecule has 6 nitrogen and oxygen atoms in total. The number of likely N-dealkylation sites (tertiary alicyclic amines) is 1. The van der Waals surface area contributed by atoms with Crippen LogP contribution in [0.5, 0.6) is 0 Å². The van der Waals surface area contributed by atoms with E-state index < -0.39 is 11.7 Å². The number of aromatic nitrogens is 1. The summed E-state index contributed by atoms with van der Waals surface area (Å²) in [6.45, 7) is 3.91. The van der Waals surface area contributed by atoms with Crippen LogP contribution in [0, 0.1) is 5.92 Å². The molecule has 0 bridgehead atoms. The van der Waals surface area contributed by atoms with Gasteiger partial charge in [-0.3, -0.25) is 14.4 Å². The zero-order chi connectivity index (χ0) is 20.4. The van der Waals surface area contributed by atoms with Gasteiger partial charge in [-0.15, -0.1) is 0 Å². The summed E-state index contributed by atoms with van der Waals surface area (Å²) in [6, 6.07) is 7.54. The summed E-state index contributed by atoms with van der Waals surface area (Å²) in [5.41, 5.74) is 1.18. The highest BCUT2D eigenvalue weighted by Crippen LogP contribution is 2.25. The van der Waals surface area contributed by atoms with Gasteiger partial charge in [0.15, 0.2) is 0 Å². The summed E-state index contributed by atoms with van der Waals surface area (Å²) in [5, 5.41) is 3.67. The Hall–Kier alpha value is -2.63. The average Bonchev–Trinajstić information content (AvgIpc) is 3.38. The SMILES string of the molecule is C[C@@H]1CCCC[C@H]1NC(=O)C(=O)c1cn(CC(=O)N2CCCC2)c2ccccc12. The molecule has 1 aliphatic heterocycles. The summed E-state index contributed by atoms with van der Waals surface area (Å²) < 4.78 is 1.81. The van der Waals surface area contributed by atoms with E-state index in [1.54, 1.807) is 10.8 Å². The minimum atomic E-state index is -0.544. The Morgan fingerprint density at radius 3 is 2.52 bits per heavy atom. The van der Waals surface area contributed by atoms with Crippen LogP contribution in [0.3, 0.4) is 0 Å². The largest absolute Gasteiger partial charge is 0.346 e. The molecule has 2 fully saturated rings. The first-order chi connectivity index (χ1) is 14.0. The van der Waals surface area contributed by atoms with Gasteiger partial charge in [0.1, 0.15) is 6.54 Å². The molecule has 1 saturated carbocycles. The molecular formula is C23H29N3O3. The molecule has 0 unspecified atom stereocenters. The van der Waals surface area contributed by atoms with E-state index in [2.05, 4.69) is 12.2 Å². The van der Waals surface area contributed by atoms with Crippen LogP contribution in [0.15, 0.2) is 30.5 Å². The van der Waals surface area contributed by atoms with Crippen LogP contribution in [-0.2, 0) is 16.1 Å². The molecule has 2 atom stereocenters. The standard InChI is InChI=1S/C23H29N3O3/c1-16-8-2-4-10-19(16)24-23(29)22(28)18-14-26(20-11-5-3-9-17(18)20)15-21(27)25-12-6-7-13-25/h3,5,9,11,14,16,19H,2,4,6-8,10,12-13,15H2,1H3,(H,24,29)/t16-,19-/m1/s1. The first kappa shape index (κ1) is 19.7. The molecule has 2 amide bonds. The van der Waals surface area contributed by atoms with Crippen LogP contribution in [0.1, 0.15) is 55.8 Å². The Kier molecular flexibility index (Phi) is 5.69. The van der Waals surface area contributed by atoms with Gasteiger partial charge < -0.3 is 14.8 Å². The van der Waals surface area contributed by atoms with Crippen molar-refractivity contribution in [2.24, 2.45) is 5.92 Å². The number of benzene rings is 1. The zero-order valence-corrected chi connectivity index (χ0v) is 17.0. The van der Waals surface area contributed by atoms with Gasteiger partial charge in [0.05, 0.1) is 5.56 Å². The fourth-order valence-electron chi connectivity index (χ4n) is 4.66. The van der Waals surface area contributed by atoms with Crippen molar-refractivity contribution in [3.8, 4) is 0 Å². The van der Waals surface area contributed by atoms with Crippen LogP contribution < -0.4 is 5.32 Å². The van der Waals surface area contributed by atoms with Crippen LogP contribution in [-0.4, -0.2) is 46.2 Å². The number of carbonyl (C=O) groups is 3. The number of fused-ring (bicyclic) bond motifs is 1.